The second kappa shape index (κ2) is 6.77. The molecule has 0 saturated heterocycles. The maximum Gasteiger partial charge on any atom is 0.194 e. The van der Waals surface area contributed by atoms with Gasteiger partial charge in [0, 0.05) is 0 Å². The highest BCUT2D eigenvalue weighted by Gasteiger charge is 2.18. The average Bonchev–Trinajstić information content (AvgIpc) is 2.55. The van der Waals surface area contributed by atoms with Crippen molar-refractivity contribution in [3.63, 3.8) is 0 Å². The van der Waals surface area contributed by atoms with Gasteiger partial charge in [0.1, 0.15) is 0 Å². The highest BCUT2D eigenvalue weighted by Crippen LogP contribution is 2.31. The second-order valence-corrected chi connectivity index (χ2v) is 6.78. The van der Waals surface area contributed by atoms with Gasteiger partial charge >= 0.3 is 0 Å². The topological polar surface area (TPSA) is 0 Å². The van der Waals surface area contributed by atoms with E-state index in [1.54, 1.807) is 0 Å². The molecule has 3 heteroatoms. The summed E-state index contributed by atoms with van der Waals surface area (Å²) in [7, 11) is 0. The van der Waals surface area contributed by atoms with Crippen LogP contribution in [0.25, 0.3) is 11.1 Å². The third-order valence-electron chi connectivity index (χ3n) is 4.93. The Labute approximate surface area is 135 Å². The molecule has 0 nitrogen and oxygen atoms in total. The second-order valence-electron chi connectivity index (χ2n) is 6.78. The maximum atomic E-state index is 13.3. The van der Waals surface area contributed by atoms with E-state index in [1.165, 1.54) is 31.2 Å². The molecule has 0 radical (unpaired) electrons. The van der Waals surface area contributed by atoms with Crippen LogP contribution >= 0.6 is 0 Å². The molecule has 0 aromatic heterocycles. The minimum absolute atomic E-state index is 0.361. The zero-order valence-electron chi connectivity index (χ0n) is 13.3. The summed E-state index contributed by atoms with van der Waals surface area (Å²) in [5.74, 6) is -2.15. The predicted octanol–water partition coefficient (Wildman–Crippen LogP) is 6.14. The summed E-state index contributed by atoms with van der Waals surface area (Å²) in [6.07, 6.45) is 6.21. The van der Waals surface area contributed by atoms with Crippen molar-refractivity contribution in [1.82, 2.24) is 0 Å². The van der Waals surface area contributed by atoms with Gasteiger partial charge < -0.3 is 0 Å². The average molecular weight is 318 g/mol. The van der Waals surface area contributed by atoms with Crippen molar-refractivity contribution in [2.24, 2.45) is 11.8 Å². The van der Waals surface area contributed by atoms with Gasteiger partial charge in [-0.3, -0.25) is 0 Å². The first-order valence-electron chi connectivity index (χ1n) is 8.27. The van der Waals surface area contributed by atoms with Crippen LogP contribution in [0.5, 0.6) is 0 Å². The molecule has 0 atom stereocenters. The molecule has 0 heterocycles. The zero-order chi connectivity index (χ0) is 16.4. The van der Waals surface area contributed by atoms with Gasteiger partial charge in [0.2, 0.25) is 0 Å². The summed E-state index contributed by atoms with van der Waals surface area (Å²) < 4.78 is 39.7. The summed E-state index contributed by atoms with van der Waals surface area (Å²) in [6, 6.07) is 9.80. The van der Waals surface area contributed by atoms with E-state index in [9.17, 15) is 13.2 Å². The zero-order valence-corrected chi connectivity index (χ0v) is 13.3. The predicted molar refractivity (Wildman–Crippen MR) is 86.6 cm³/mol. The first-order chi connectivity index (χ1) is 11.0. The van der Waals surface area contributed by atoms with Crippen LogP contribution in [0.1, 0.15) is 38.2 Å². The largest absolute Gasteiger partial charge is 0.204 e. The van der Waals surface area contributed by atoms with Crippen molar-refractivity contribution in [3.8, 4) is 11.1 Å². The Kier molecular flexibility index (Phi) is 4.74. The maximum absolute atomic E-state index is 13.3. The van der Waals surface area contributed by atoms with E-state index in [4.69, 9.17) is 0 Å². The van der Waals surface area contributed by atoms with Gasteiger partial charge in [-0.05, 0) is 59.9 Å². The summed E-state index contributed by atoms with van der Waals surface area (Å²) in [4.78, 5) is 0. The van der Waals surface area contributed by atoms with Gasteiger partial charge in [-0.15, -0.1) is 0 Å². The van der Waals surface area contributed by atoms with E-state index in [0.717, 1.165) is 30.4 Å². The standard InChI is InChI=1S/C20H21F3/c1-13-2-4-14(5-3-13)10-15-6-8-16(9-7-15)17-11-18(21)20(23)19(22)12-17/h6-9,11-14H,2-5,10H2,1H3. The Balaban J connectivity index is 1.72. The number of benzene rings is 2. The Morgan fingerprint density at radius 3 is 1.96 bits per heavy atom. The number of hydrogen-bond donors (Lipinski definition) is 0. The van der Waals surface area contributed by atoms with Gasteiger partial charge in [0.15, 0.2) is 17.5 Å². The molecule has 3 rings (SSSR count). The molecule has 0 unspecified atom stereocenters. The highest BCUT2D eigenvalue weighted by atomic mass is 19.2. The quantitative estimate of drug-likeness (QED) is 0.596. The summed E-state index contributed by atoms with van der Waals surface area (Å²) in [5, 5.41) is 0. The normalized spacial score (nSPS) is 21.4. The van der Waals surface area contributed by atoms with Crippen LogP contribution in [0, 0.1) is 29.3 Å². The third kappa shape index (κ3) is 3.77. The first kappa shape index (κ1) is 16.1. The third-order valence-corrected chi connectivity index (χ3v) is 4.93. The molecular formula is C20H21F3. The lowest BCUT2D eigenvalue weighted by Gasteiger charge is -2.26. The number of rotatable bonds is 3. The van der Waals surface area contributed by atoms with Gasteiger partial charge in [-0.25, -0.2) is 13.2 Å². The van der Waals surface area contributed by atoms with Crippen molar-refractivity contribution in [3.05, 3.63) is 59.4 Å². The summed E-state index contributed by atoms with van der Waals surface area (Å²) in [6.45, 7) is 2.31. The van der Waals surface area contributed by atoms with Gasteiger partial charge in [0.05, 0.1) is 0 Å². The molecule has 1 aliphatic carbocycles. The lowest BCUT2D eigenvalue weighted by Crippen LogP contribution is -2.14. The van der Waals surface area contributed by atoms with Gasteiger partial charge in [0.25, 0.3) is 0 Å². The fraction of sp³-hybridized carbons (Fsp3) is 0.400. The molecule has 1 aliphatic rings. The Morgan fingerprint density at radius 2 is 1.39 bits per heavy atom. The molecule has 122 valence electrons. The van der Waals surface area contributed by atoms with Crippen molar-refractivity contribution in [2.75, 3.05) is 0 Å². The van der Waals surface area contributed by atoms with Crippen molar-refractivity contribution in [1.29, 1.82) is 0 Å². The van der Waals surface area contributed by atoms with Crippen molar-refractivity contribution < 1.29 is 13.2 Å². The highest BCUT2D eigenvalue weighted by molar-refractivity contribution is 5.63. The van der Waals surface area contributed by atoms with E-state index in [0.29, 0.717) is 11.1 Å². The molecule has 0 bridgehead atoms. The van der Waals surface area contributed by atoms with E-state index >= 15 is 0 Å². The fourth-order valence-electron chi connectivity index (χ4n) is 3.42. The minimum atomic E-state index is -1.42. The first-order valence-corrected chi connectivity index (χ1v) is 8.27. The molecule has 0 amide bonds. The van der Waals surface area contributed by atoms with Crippen LogP contribution in [-0.4, -0.2) is 0 Å². The van der Waals surface area contributed by atoms with Crippen LogP contribution < -0.4 is 0 Å². The van der Waals surface area contributed by atoms with Crippen LogP contribution in [0.4, 0.5) is 13.2 Å². The fourth-order valence-corrected chi connectivity index (χ4v) is 3.42. The number of halogens is 3. The molecule has 2 aromatic carbocycles. The SMILES string of the molecule is CC1CCC(Cc2ccc(-c3cc(F)c(F)c(F)c3)cc2)CC1. The van der Waals surface area contributed by atoms with Crippen molar-refractivity contribution >= 4 is 0 Å². The summed E-state index contributed by atoms with van der Waals surface area (Å²) in [5.41, 5.74) is 2.31. The molecule has 2 aromatic rings. The Morgan fingerprint density at radius 1 is 0.826 bits per heavy atom. The van der Waals surface area contributed by atoms with E-state index in [-0.39, 0.29) is 0 Å². The molecular weight excluding hydrogens is 297 g/mol. The molecule has 1 fully saturated rings. The molecule has 1 saturated carbocycles. The van der Waals surface area contributed by atoms with E-state index in [1.807, 2.05) is 24.3 Å². The summed E-state index contributed by atoms with van der Waals surface area (Å²) >= 11 is 0. The Bertz CT molecular complexity index is 645. The van der Waals surface area contributed by atoms with Gasteiger partial charge in [-0.2, -0.15) is 0 Å². The minimum Gasteiger partial charge on any atom is -0.204 e. The lowest BCUT2D eigenvalue weighted by molar-refractivity contribution is 0.289. The van der Waals surface area contributed by atoms with E-state index in [2.05, 4.69) is 6.92 Å². The smallest absolute Gasteiger partial charge is 0.194 e. The van der Waals surface area contributed by atoms with Gasteiger partial charge in [-0.1, -0.05) is 44.0 Å². The van der Waals surface area contributed by atoms with Crippen LogP contribution in [0.2, 0.25) is 0 Å². The molecule has 0 N–H and O–H groups in total. The van der Waals surface area contributed by atoms with Crippen molar-refractivity contribution in [2.45, 2.75) is 39.0 Å². The van der Waals surface area contributed by atoms with E-state index < -0.39 is 17.5 Å². The van der Waals surface area contributed by atoms with Crippen LogP contribution in [0.3, 0.4) is 0 Å². The van der Waals surface area contributed by atoms with Crippen LogP contribution in [-0.2, 0) is 6.42 Å². The molecule has 23 heavy (non-hydrogen) atoms. The number of hydrogen-bond acceptors (Lipinski definition) is 0. The lowest BCUT2D eigenvalue weighted by atomic mass is 9.80. The Hall–Kier alpha value is -1.77. The molecule has 0 spiro atoms. The monoisotopic (exact) mass is 318 g/mol. The van der Waals surface area contributed by atoms with Crippen LogP contribution in [0.15, 0.2) is 36.4 Å². The molecule has 0 aliphatic heterocycles.